The van der Waals surface area contributed by atoms with Gasteiger partial charge in [0, 0.05) is 43.8 Å². The predicted octanol–water partition coefficient (Wildman–Crippen LogP) is 4.96. The van der Waals surface area contributed by atoms with Crippen molar-refractivity contribution in [3.63, 3.8) is 0 Å². The van der Waals surface area contributed by atoms with Crippen LogP contribution in [-0.2, 0) is 22.4 Å². The molecule has 2 aromatic carbocycles. The molecule has 0 N–H and O–H groups in total. The van der Waals surface area contributed by atoms with Gasteiger partial charge in [0.2, 0.25) is 5.91 Å². The molecule has 0 saturated heterocycles. The highest BCUT2D eigenvalue weighted by Gasteiger charge is 2.36. The van der Waals surface area contributed by atoms with Crippen LogP contribution in [0.4, 0.5) is 11.5 Å². The highest BCUT2D eigenvalue weighted by Crippen LogP contribution is 2.37. The van der Waals surface area contributed by atoms with E-state index < -0.39 is 12.0 Å². The lowest BCUT2D eigenvalue weighted by atomic mass is 9.97. The van der Waals surface area contributed by atoms with Crippen LogP contribution in [0.2, 0.25) is 0 Å². The first kappa shape index (κ1) is 25.1. The first-order valence-corrected chi connectivity index (χ1v) is 12.8. The Labute approximate surface area is 222 Å². The fourth-order valence-corrected chi connectivity index (χ4v) is 5.15. The van der Waals surface area contributed by atoms with E-state index in [1.165, 1.54) is 7.11 Å². The van der Waals surface area contributed by atoms with Gasteiger partial charge in [-0.2, -0.15) is 0 Å². The molecule has 7 heteroatoms. The van der Waals surface area contributed by atoms with Crippen molar-refractivity contribution in [2.45, 2.75) is 25.8 Å². The topological polar surface area (TPSA) is 75.6 Å². The number of fused-ring (bicyclic) bond motifs is 1. The van der Waals surface area contributed by atoms with Crippen LogP contribution in [0.3, 0.4) is 0 Å². The van der Waals surface area contributed by atoms with Gasteiger partial charge in [0.25, 0.3) is 0 Å². The molecule has 0 saturated carbocycles. The predicted molar refractivity (Wildman–Crippen MR) is 148 cm³/mol. The summed E-state index contributed by atoms with van der Waals surface area (Å²) >= 11 is 0. The van der Waals surface area contributed by atoms with Crippen molar-refractivity contribution in [2.75, 3.05) is 30.0 Å². The molecular formula is C31H30N4O3. The second-order valence-electron chi connectivity index (χ2n) is 9.17. The molecule has 1 atom stereocenters. The number of hydrogen-bond acceptors (Lipinski definition) is 6. The van der Waals surface area contributed by atoms with Gasteiger partial charge in [-0.15, -0.1) is 0 Å². The molecule has 4 aromatic rings. The number of anilines is 2. The number of carbonyl (C=O) groups is 2. The summed E-state index contributed by atoms with van der Waals surface area (Å²) in [4.78, 5) is 39.8. The highest BCUT2D eigenvalue weighted by molar-refractivity contribution is 6.04. The Bertz CT molecular complexity index is 1410. The van der Waals surface area contributed by atoms with Crippen LogP contribution >= 0.6 is 0 Å². The van der Waals surface area contributed by atoms with Gasteiger partial charge >= 0.3 is 5.97 Å². The number of ether oxygens (including phenoxy) is 1. The van der Waals surface area contributed by atoms with Crippen LogP contribution in [0.15, 0.2) is 91.4 Å². The molecule has 1 amide bonds. The molecule has 1 aliphatic rings. The molecule has 0 spiro atoms. The summed E-state index contributed by atoms with van der Waals surface area (Å²) in [5.41, 5.74) is 4.89. The molecule has 0 radical (unpaired) electrons. The molecule has 0 aliphatic carbocycles. The minimum absolute atomic E-state index is 0.0252. The van der Waals surface area contributed by atoms with Crippen molar-refractivity contribution in [2.24, 2.45) is 0 Å². The number of benzene rings is 2. The minimum Gasteiger partial charge on any atom is -0.465 e. The first-order valence-electron chi connectivity index (χ1n) is 12.8. The Morgan fingerprint density at radius 3 is 2.42 bits per heavy atom. The average molecular weight is 507 g/mol. The lowest BCUT2D eigenvalue weighted by Gasteiger charge is -2.34. The van der Waals surface area contributed by atoms with Crippen LogP contribution in [0.25, 0.3) is 11.1 Å². The van der Waals surface area contributed by atoms with Crippen molar-refractivity contribution < 1.29 is 14.3 Å². The van der Waals surface area contributed by atoms with Crippen LogP contribution in [0.1, 0.15) is 28.4 Å². The smallest absolute Gasteiger partial charge is 0.338 e. The molecule has 2 aromatic heterocycles. The lowest BCUT2D eigenvalue weighted by molar-refractivity contribution is -0.119. The number of esters is 1. The first-order chi connectivity index (χ1) is 18.6. The van der Waals surface area contributed by atoms with Gasteiger partial charge in [-0.3, -0.25) is 9.78 Å². The minimum atomic E-state index is -0.477. The third-order valence-corrected chi connectivity index (χ3v) is 7.00. The van der Waals surface area contributed by atoms with Gasteiger partial charge in [-0.1, -0.05) is 36.4 Å². The van der Waals surface area contributed by atoms with Crippen molar-refractivity contribution in [3.8, 4) is 11.1 Å². The van der Waals surface area contributed by atoms with Crippen molar-refractivity contribution in [1.82, 2.24) is 9.97 Å². The van der Waals surface area contributed by atoms with Gasteiger partial charge in [0.1, 0.15) is 11.9 Å². The largest absolute Gasteiger partial charge is 0.465 e. The van der Waals surface area contributed by atoms with Gasteiger partial charge < -0.3 is 14.5 Å². The van der Waals surface area contributed by atoms with Crippen molar-refractivity contribution in [1.29, 1.82) is 0 Å². The molecule has 0 unspecified atom stereocenters. The molecule has 3 heterocycles. The number of amides is 1. The van der Waals surface area contributed by atoms with Crippen LogP contribution in [0, 0.1) is 0 Å². The number of nitrogens with zero attached hydrogens (tertiary/aromatic N) is 4. The Balaban J connectivity index is 1.59. The Morgan fingerprint density at radius 1 is 0.974 bits per heavy atom. The Hall–Kier alpha value is -4.52. The van der Waals surface area contributed by atoms with E-state index in [-0.39, 0.29) is 5.91 Å². The van der Waals surface area contributed by atoms with E-state index in [1.54, 1.807) is 18.6 Å². The second kappa shape index (κ2) is 11.3. The fourth-order valence-electron chi connectivity index (χ4n) is 5.15. The Morgan fingerprint density at radius 2 is 1.74 bits per heavy atom. The lowest BCUT2D eigenvalue weighted by Crippen LogP contribution is -2.50. The third kappa shape index (κ3) is 5.00. The summed E-state index contributed by atoms with van der Waals surface area (Å²) in [5, 5.41) is 0. The zero-order valence-corrected chi connectivity index (χ0v) is 21.6. The summed E-state index contributed by atoms with van der Waals surface area (Å²) in [6.07, 6.45) is 6.28. The van der Waals surface area contributed by atoms with Gasteiger partial charge in [-0.25, -0.2) is 9.78 Å². The van der Waals surface area contributed by atoms with Crippen LogP contribution in [0.5, 0.6) is 0 Å². The maximum Gasteiger partial charge on any atom is 0.338 e. The molecule has 5 rings (SSSR count). The number of methoxy groups -OCH3 is 1. The molecule has 7 nitrogen and oxygen atoms in total. The summed E-state index contributed by atoms with van der Waals surface area (Å²) < 4.78 is 5.12. The fraction of sp³-hybridized carbons (Fsp3) is 0.226. The average Bonchev–Trinajstić information content (AvgIpc) is 3.41. The third-order valence-electron chi connectivity index (χ3n) is 7.00. The number of hydrogen-bond donors (Lipinski definition) is 0. The molecular weight excluding hydrogens is 476 g/mol. The van der Waals surface area contributed by atoms with E-state index in [4.69, 9.17) is 4.74 Å². The number of carbonyl (C=O) groups excluding carboxylic acids is 2. The quantitative estimate of drug-likeness (QED) is 0.315. The number of aromatic nitrogens is 2. The standard InChI is InChI=1S/C31H30N4O3/c1-3-34(29-11-7-8-15-33-29)28(19-22-9-5-4-6-10-22)30(36)35-18-14-25-26(31(37)38-2)20-24(21-27(25)35)23-12-16-32-17-13-23/h4-13,15-17,20-21,28H,3,14,18-19H2,1-2H3/t28-/m0/s1. The van der Waals surface area contributed by atoms with Crippen molar-refractivity contribution in [3.05, 3.63) is 108 Å². The monoisotopic (exact) mass is 506 g/mol. The summed E-state index contributed by atoms with van der Waals surface area (Å²) in [7, 11) is 1.38. The number of likely N-dealkylation sites (N-methyl/N-ethyl adjacent to an activating group) is 1. The van der Waals surface area contributed by atoms with Gasteiger partial charge in [0.15, 0.2) is 0 Å². The van der Waals surface area contributed by atoms with Gasteiger partial charge in [-0.05, 0) is 72.0 Å². The highest BCUT2D eigenvalue weighted by atomic mass is 16.5. The van der Waals surface area contributed by atoms with Gasteiger partial charge in [0.05, 0.1) is 12.7 Å². The van der Waals surface area contributed by atoms with E-state index in [2.05, 4.69) is 14.9 Å². The zero-order valence-electron chi connectivity index (χ0n) is 21.6. The van der Waals surface area contributed by atoms with Crippen LogP contribution < -0.4 is 9.80 Å². The normalized spacial score (nSPS) is 13.1. The van der Waals surface area contributed by atoms with Crippen LogP contribution in [-0.4, -0.2) is 48.1 Å². The van der Waals surface area contributed by atoms with Crippen molar-refractivity contribution >= 4 is 23.4 Å². The van der Waals surface area contributed by atoms with E-state index in [9.17, 15) is 9.59 Å². The molecule has 1 aliphatic heterocycles. The second-order valence-corrected chi connectivity index (χ2v) is 9.17. The SMILES string of the molecule is CCN(c1ccccn1)[C@@H](Cc1ccccc1)C(=O)N1CCc2c(C(=O)OC)cc(-c3ccncc3)cc21. The molecule has 0 fully saturated rings. The number of rotatable bonds is 8. The van der Waals surface area contributed by atoms with E-state index in [0.717, 1.165) is 33.8 Å². The number of pyridine rings is 2. The van der Waals surface area contributed by atoms with E-state index in [0.29, 0.717) is 31.5 Å². The summed E-state index contributed by atoms with van der Waals surface area (Å²) in [5.74, 6) is 0.322. The zero-order chi connectivity index (χ0) is 26.5. The van der Waals surface area contributed by atoms with E-state index >= 15 is 0 Å². The maximum absolute atomic E-state index is 14.4. The molecule has 0 bridgehead atoms. The summed E-state index contributed by atoms with van der Waals surface area (Å²) in [6.45, 7) is 3.14. The molecule has 38 heavy (non-hydrogen) atoms. The van der Waals surface area contributed by atoms with E-state index in [1.807, 2.05) is 84.6 Å². The maximum atomic E-state index is 14.4. The Kier molecular flexibility index (Phi) is 7.45. The summed E-state index contributed by atoms with van der Waals surface area (Å²) in [6, 6.07) is 22.9. The molecule has 192 valence electrons.